The van der Waals surface area contributed by atoms with E-state index in [-0.39, 0.29) is 5.69 Å². The van der Waals surface area contributed by atoms with Crippen LogP contribution in [-0.2, 0) is 0 Å². The van der Waals surface area contributed by atoms with Crippen molar-refractivity contribution in [2.24, 2.45) is 4.99 Å². The first-order valence-corrected chi connectivity index (χ1v) is 7.96. The minimum absolute atomic E-state index is 0.0856. The number of hydrogen-bond acceptors (Lipinski definition) is 6. The number of fused-ring (bicyclic) bond motifs is 1. The first-order chi connectivity index (χ1) is 11.2. The molecule has 0 bridgehead atoms. The van der Waals surface area contributed by atoms with E-state index in [4.69, 9.17) is 0 Å². The number of aromatic nitrogens is 1. The summed E-state index contributed by atoms with van der Waals surface area (Å²) in [7, 11) is 0. The van der Waals surface area contributed by atoms with E-state index in [2.05, 4.69) is 21.4 Å². The lowest BCUT2D eigenvalue weighted by Crippen LogP contribution is -2.19. The Labute approximate surface area is 135 Å². The molecule has 1 aromatic heterocycles. The Morgan fingerprint density at radius 3 is 2.61 bits per heavy atom. The number of hydrogen-bond donors (Lipinski definition) is 1. The lowest BCUT2D eigenvalue weighted by Gasteiger charge is -2.01. The lowest BCUT2D eigenvalue weighted by molar-refractivity contribution is -0.384. The van der Waals surface area contributed by atoms with E-state index in [0.29, 0.717) is 0 Å². The second-order valence-corrected chi connectivity index (χ2v) is 6.19. The quantitative estimate of drug-likeness (QED) is 0.592. The number of nitrogens with one attached hydrogen (secondary N) is 1. The summed E-state index contributed by atoms with van der Waals surface area (Å²) in [5.74, 6) is 0.928. The average molecular weight is 324 g/mol. The van der Waals surface area contributed by atoms with Crippen LogP contribution in [0.25, 0.3) is 20.8 Å². The van der Waals surface area contributed by atoms with Crippen molar-refractivity contribution in [3.05, 3.63) is 58.1 Å². The van der Waals surface area contributed by atoms with Crippen molar-refractivity contribution in [2.75, 3.05) is 13.1 Å². The molecule has 23 heavy (non-hydrogen) atoms. The van der Waals surface area contributed by atoms with E-state index >= 15 is 0 Å². The Morgan fingerprint density at radius 1 is 1.13 bits per heavy atom. The smallest absolute Gasteiger partial charge is 0.269 e. The highest BCUT2D eigenvalue weighted by molar-refractivity contribution is 7.21. The number of rotatable bonds is 3. The zero-order valence-corrected chi connectivity index (χ0v) is 12.8. The molecule has 0 aliphatic carbocycles. The first-order valence-electron chi connectivity index (χ1n) is 7.15. The molecule has 1 aliphatic rings. The van der Waals surface area contributed by atoms with Gasteiger partial charge in [0.2, 0.25) is 0 Å². The van der Waals surface area contributed by atoms with Gasteiger partial charge in [-0.2, -0.15) is 0 Å². The molecule has 114 valence electrons. The van der Waals surface area contributed by atoms with Crippen LogP contribution in [0.1, 0.15) is 5.56 Å². The Balaban J connectivity index is 1.72. The first kappa shape index (κ1) is 13.8. The van der Waals surface area contributed by atoms with Crippen molar-refractivity contribution in [1.82, 2.24) is 10.3 Å². The number of aliphatic imine (C=N–C) groups is 1. The van der Waals surface area contributed by atoms with Gasteiger partial charge in [-0.15, -0.1) is 11.3 Å². The van der Waals surface area contributed by atoms with Crippen LogP contribution in [0.2, 0.25) is 0 Å². The standard InChI is InChI=1S/C16H12N4O2S/c21-20(22)12-4-1-10(2-5-12)16-19-13-6-3-11(9-14(13)23-16)15-17-7-8-18-15/h1-6,9H,7-8H2,(H,17,18). The van der Waals surface area contributed by atoms with E-state index in [0.717, 1.165) is 45.3 Å². The van der Waals surface area contributed by atoms with E-state index in [1.165, 1.54) is 12.1 Å². The summed E-state index contributed by atoms with van der Waals surface area (Å²) >= 11 is 1.57. The highest BCUT2D eigenvalue weighted by Gasteiger charge is 2.12. The zero-order chi connectivity index (χ0) is 15.8. The predicted octanol–water partition coefficient (Wildman–Crippen LogP) is 3.22. The number of nitro groups is 1. The summed E-state index contributed by atoms with van der Waals surface area (Å²) in [6, 6.07) is 12.6. The van der Waals surface area contributed by atoms with Crippen molar-refractivity contribution in [2.45, 2.75) is 0 Å². The maximum absolute atomic E-state index is 10.7. The fourth-order valence-corrected chi connectivity index (χ4v) is 3.52. The molecule has 2 heterocycles. The van der Waals surface area contributed by atoms with E-state index < -0.39 is 4.92 Å². The SMILES string of the molecule is O=[N+]([O-])c1ccc(-c2nc3ccc(C4=NCCN4)cc3s2)cc1. The molecule has 7 heteroatoms. The van der Waals surface area contributed by atoms with Gasteiger partial charge in [0.25, 0.3) is 5.69 Å². The van der Waals surface area contributed by atoms with Gasteiger partial charge < -0.3 is 5.32 Å². The molecular weight excluding hydrogens is 312 g/mol. The van der Waals surface area contributed by atoms with E-state index in [1.807, 2.05) is 12.1 Å². The molecule has 6 nitrogen and oxygen atoms in total. The van der Waals surface area contributed by atoms with Gasteiger partial charge in [0, 0.05) is 29.8 Å². The van der Waals surface area contributed by atoms with Crippen LogP contribution >= 0.6 is 11.3 Å². The minimum atomic E-state index is -0.399. The third-order valence-corrected chi connectivity index (χ3v) is 4.73. The molecule has 0 saturated heterocycles. The van der Waals surface area contributed by atoms with Crippen molar-refractivity contribution in [3.63, 3.8) is 0 Å². The lowest BCUT2D eigenvalue weighted by atomic mass is 10.2. The second-order valence-electron chi connectivity index (χ2n) is 5.16. The third-order valence-electron chi connectivity index (χ3n) is 3.66. The number of thiazole rings is 1. The molecule has 0 atom stereocenters. The van der Waals surface area contributed by atoms with Gasteiger partial charge in [0.1, 0.15) is 10.8 Å². The number of nitrogens with zero attached hydrogens (tertiary/aromatic N) is 3. The summed E-state index contributed by atoms with van der Waals surface area (Å²) in [6.07, 6.45) is 0. The highest BCUT2D eigenvalue weighted by Crippen LogP contribution is 2.31. The van der Waals surface area contributed by atoms with Crippen molar-refractivity contribution >= 4 is 33.1 Å². The molecular formula is C16H12N4O2S. The predicted molar refractivity (Wildman–Crippen MR) is 91.1 cm³/mol. The second kappa shape index (κ2) is 5.44. The van der Waals surface area contributed by atoms with Crippen molar-refractivity contribution in [1.29, 1.82) is 0 Å². The maximum atomic E-state index is 10.7. The molecule has 0 fully saturated rings. The molecule has 0 radical (unpaired) electrons. The molecule has 4 rings (SSSR count). The van der Waals surface area contributed by atoms with Crippen LogP contribution in [0.4, 0.5) is 5.69 Å². The van der Waals surface area contributed by atoms with E-state index in [1.54, 1.807) is 23.5 Å². The van der Waals surface area contributed by atoms with Crippen LogP contribution in [-0.4, -0.2) is 28.8 Å². The van der Waals surface area contributed by atoms with Crippen LogP contribution in [0, 0.1) is 10.1 Å². The normalized spacial score (nSPS) is 13.8. The van der Waals surface area contributed by atoms with Crippen molar-refractivity contribution < 1.29 is 4.92 Å². The fraction of sp³-hybridized carbons (Fsp3) is 0.125. The third kappa shape index (κ3) is 2.55. The maximum Gasteiger partial charge on any atom is 0.269 e. The summed E-state index contributed by atoms with van der Waals surface area (Å²) in [6.45, 7) is 1.69. The Hall–Kier alpha value is -2.80. The number of nitro benzene ring substituents is 1. The molecule has 3 aromatic rings. The van der Waals surface area contributed by atoms with Gasteiger partial charge in [-0.3, -0.25) is 15.1 Å². The summed E-state index contributed by atoms with van der Waals surface area (Å²) in [4.78, 5) is 19.4. The van der Waals surface area contributed by atoms with Crippen LogP contribution in [0.3, 0.4) is 0 Å². The van der Waals surface area contributed by atoms with Crippen LogP contribution in [0.5, 0.6) is 0 Å². The van der Waals surface area contributed by atoms with Crippen LogP contribution < -0.4 is 5.32 Å². The van der Waals surface area contributed by atoms with E-state index in [9.17, 15) is 10.1 Å². The highest BCUT2D eigenvalue weighted by atomic mass is 32.1. The van der Waals surface area contributed by atoms with Gasteiger partial charge in [-0.05, 0) is 30.3 Å². The topological polar surface area (TPSA) is 80.4 Å². The summed E-state index contributed by atoms with van der Waals surface area (Å²) in [5, 5.41) is 14.8. The largest absolute Gasteiger partial charge is 0.368 e. The number of amidine groups is 1. The molecule has 0 unspecified atom stereocenters. The number of benzene rings is 2. The average Bonchev–Trinajstić information content (AvgIpc) is 3.23. The minimum Gasteiger partial charge on any atom is -0.368 e. The fourth-order valence-electron chi connectivity index (χ4n) is 2.51. The Bertz CT molecular complexity index is 931. The summed E-state index contributed by atoms with van der Waals surface area (Å²) in [5.41, 5.74) is 2.96. The zero-order valence-electron chi connectivity index (χ0n) is 12.0. The van der Waals surface area contributed by atoms with Gasteiger partial charge in [0.05, 0.1) is 21.7 Å². The molecule has 0 spiro atoms. The van der Waals surface area contributed by atoms with Gasteiger partial charge in [-0.1, -0.05) is 0 Å². The molecule has 0 amide bonds. The summed E-state index contributed by atoms with van der Waals surface area (Å²) < 4.78 is 1.08. The molecule has 1 aliphatic heterocycles. The molecule has 2 aromatic carbocycles. The molecule has 0 saturated carbocycles. The molecule has 1 N–H and O–H groups in total. The Kier molecular flexibility index (Phi) is 3.27. The van der Waals surface area contributed by atoms with Gasteiger partial charge in [-0.25, -0.2) is 4.98 Å². The van der Waals surface area contributed by atoms with Gasteiger partial charge >= 0.3 is 0 Å². The van der Waals surface area contributed by atoms with Crippen LogP contribution in [0.15, 0.2) is 47.5 Å². The van der Waals surface area contributed by atoms with Crippen molar-refractivity contribution in [3.8, 4) is 10.6 Å². The number of non-ortho nitro benzene ring substituents is 1. The monoisotopic (exact) mass is 324 g/mol. The Morgan fingerprint density at radius 2 is 1.91 bits per heavy atom. The van der Waals surface area contributed by atoms with Gasteiger partial charge in [0.15, 0.2) is 0 Å².